The summed E-state index contributed by atoms with van der Waals surface area (Å²) in [5.41, 5.74) is 1.54. The molecule has 1 fully saturated rings. The highest BCUT2D eigenvalue weighted by molar-refractivity contribution is 6.33. The van der Waals surface area contributed by atoms with Gasteiger partial charge < -0.3 is 9.64 Å². The van der Waals surface area contributed by atoms with Crippen molar-refractivity contribution in [3.63, 3.8) is 0 Å². The van der Waals surface area contributed by atoms with Gasteiger partial charge in [-0.2, -0.15) is 5.10 Å². The molecule has 3 rings (SSSR count). The maximum absolute atomic E-state index is 11.9. The SMILES string of the molecule is Cc1ccc(OC2CCN(c3cnn(C)c(=O)c3Cl)CC2)nc1. The minimum atomic E-state index is -0.272. The molecular weight excluding hydrogens is 316 g/mol. The van der Waals surface area contributed by atoms with Crippen molar-refractivity contribution in [2.45, 2.75) is 25.9 Å². The number of hydrogen-bond acceptors (Lipinski definition) is 5. The van der Waals surface area contributed by atoms with Gasteiger partial charge in [0.05, 0.1) is 11.9 Å². The first-order valence-electron chi connectivity index (χ1n) is 7.60. The predicted molar refractivity (Wildman–Crippen MR) is 89.3 cm³/mol. The Bertz CT molecular complexity index is 737. The molecule has 3 heterocycles. The maximum Gasteiger partial charge on any atom is 0.287 e. The summed E-state index contributed by atoms with van der Waals surface area (Å²) in [5, 5.41) is 4.27. The highest BCUT2D eigenvalue weighted by Crippen LogP contribution is 2.26. The number of nitrogens with zero attached hydrogens (tertiary/aromatic N) is 4. The topological polar surface area (TPSA) is 60.2 Å². The van der Waals surface area contributed by atoms with Gasteiger partial charge in [0, 0.05) is 45.2 Å². The Labute approximate surface area is 139 Å². The van der Waals surface area contributed by atoms with Gasteiger partial charge in [-0.05, 0) is 12.5 Å². The fraction of sp³-hybridized carbons (Fsp3) is 0.438. The normalized spacial score (nSPS) is 15.7. The number of anilines is 1. The fourth-order valence-electron chi connectivity index (χ4n) is 2.63. The average molecular weight is 335 g/mol. The molecule has 1 aliphatic rings. The van der Waals surface area contributed by atoms with Crippen LogP contribution in [0.2, 0.25) is 5.02 Å². The van der Waals surface area contributed by atoms with Crippen molar-refractivity contribution < 1.29 is 4.74 Å². The van der Waals surface area contributed by atoms with E-state index in [0.29, 0.717) is 11.6 Å². The van der Waals surface area contributed by atoms with Gasteiger partial charge in [0.1, 0.15) is 11.1 Å². The van der Waals surface area contributed by atoms with E-state index >= 15 is 0 Å². The number of piperidine rings is 1. The smallest absolute Gasteiger partial charge is 0.287 e. The van der Waals surface area contributed by atoms with E-state index in [0.717, 1.165) is 31.5 Å². The van der Waals surface area contributed by atoms with Crippen LogP contribution in [-0.4, -0.2) is 34.0 Å². The molecule has 0 bridgehead atoms. The van der Waals surface area contributed by atoms with Crippen LogP contribution in [0.3, 0.4) is 0 Å². The second-order valence-corrected chi connectivity index (χ2v) is 6.13. The molecular formula is C16H19ClN4O2. The molecule has 1 aliphatic heterocycles. The zero-order valence-electron chi connectivity index (χ0n) is 13.2. The first kappa shape index (κ1) is 15.8. The average Bonchev–Trinajstić information content (AvgIpc) is 2.56. The molecule has 0 unspecified atom stereocenters. The van der Waals surface area contributed by atoms with Gasteiger partial charge in [0.15, 0.2) is 0 Å². The van der Waals surface area contributed by atoms with Gasteiger partial charge >= 0.3 is 0 Å². The van der Waals surface area contributed by atoms with Gasteiger partial charge in [0.2, 0.25) is 5.88 Å². The number of aryl methyl sites for hydroxylation is 2. The highest BCUT2D eigenvalue weighted by atomic mass is 35.5. The van der Waals surface area contributed by atoms with E-state index in [2.05, 4.69) is 15.0 Å². The minimum absolute atomic E-state index is 0.125. The first-order chi connectivity index (χ1) is 11.0. The van der Waals surface area contributed by atoms with Crippen LogP contribution in [0.5, 0.6) is 5.88 Å². The van der Waals surface area contributed by atoms with Gasteiger partial charge in [-0.15, -0.1) is 0 Å². The molecule has 2 aromatic heterocycles. The van der Waals surface area contributed by atoms with E-state index in [1.54, 1.807) is 19.4 Å². The van der Waals surface area contributed by atoms with Crippen molar-refractivity contribution in [3.8, 4) is 5.88 Å². The third-order valence-corrected chi connectivity index (χ3v) is 4.37. The zero-order valence-corrected chi connectivity index (χ0v) is 14.0. The molecule has 0 N–H and O–H groups in total. The van der Waals surface area contributed by atoms with Crippen molar-refractivity contribution in [2.75, 3.05) is 18.0 Å². The molecule has 0 aromatic carbocycles. The molecule has 122 valence electrons. The fourth-order valence-corrected chi connectivity index (χ4v) is 2.92. The number of pyridine rings is 1. The lowest BCUT2D eigenvalue weighted by Crippen LogP contribution is -2.39. The number of ether oxygens (including phenoxy) is 1. The number of halogens is 1. The largest absolute Gasteiger partial charge is 0.474 e. The van der Waals surface area contributed by atoms with E-state index in [-0.39, 0.29) is 16.7 Å². The van der Waals surface area contributed by atoms with Crippen LogP contribution in [0.4, 0.5) is 5.69 Å². The summed E-state index contributed by atoms with van der Waals surface area (Å²) in [6.07, 6.45) is 5.27. The van der Waals surface area contributed by atoms with E-state index < -0.39 is 0 Å². The van der Waals surface area contributed by atoms with E-state index in [4.69, 9.17) is 16.3 Å². The standard InChI is InChI=1S/C16H19ClN4O2/c1-11-3-4-14(18-9-11)23-12-5-7-21(8-6-12)13-10-19-20(2)16(22)15(13)17/h3-4,9-10,12H,5-8H2,1-2H3. The van der Waals surface area contributed by atoms with E-state index in [9.17, 15) is 4.79 Å². The summed E-state index contributed by atoms with van der Waals surface area (Å²) in [4.78, 5) is 18.2. The summed E-state index contributed by atoms with van der Waals surface area (Å²) >= 11 is 6.16. The molecule has 23 heavy (non-hydrogen) atoms. The lowest BCUT2D eigenvalue weighted by molar-refractivity contribution is 0.164. The summed E-state index contributed by atoms with van der Waals surface area (Å²) in [6.45, 7) is 3.54. The van der Waals surface area contributed by atoms with Crippen LogP contribution in [-0.2, 0) is 7.05 Å². The van der Waals surface area contributed by atoms with Crippen LogP contribution < -0.4 is 15.2 Å². The maximum atomic E-state index is 11.9. The monoisotopic (exact) mass is 334 g/mol. The molecule has 1 saturated heterocycles. The Hall–Kier alpha value is -2.08. The predicted octanol–water partition coefficient (Wildman–Crippen LogP) is 2.18. The number of hydrogen-bond donors (Lipinski definition) is 0. The summed E-state index contributed by atoms with van der Waals surface area (Å²) < 4.78 is 7.16. The van der Waals surface area contributed by atoms with Crippen LogP contribution in [0.1, 0.15) is 18.4 Å². The van der Waals surface area contributed by atoms with Crippen LogP contribution >= 0.6 is 11.6 Å². The van der Waals surface area contributed by atoms with Gasteiger partial charge in [-0.1, -0.05) is 17.7 Å². The van der Waals surface area contributed by atoms with Gasteiger partial charge in [0.25, 0.3) is 5.56 Å². The van der Waals surface area contributed by atoms with E-state index in [1.165, 1.54) is 4.68 Å². The lowest BCUT2D eigenvalue weighted by Gasteiger charge is -2.33. The van der Waals surface area contributed by atoms with Crippen molar-refractivity contribution >= 4 is 17.3 Å². The number of rotatable bonds is 3. The van der Waals surface area contributed by atoms with Crippen molar-refractivity contribution in [2.24, 2.45) is 7.05 Å². The van der Waals surface area contributed by atoms with Gasteiger partial charge in [-0.3, -0.25) is 4.79 Å². The molecule has 0 saturated carbocycles. The molecule has 0 spiro atoms. The third-order valence-electron chi connectivity index (χ3n) is 4.01. The second-order valence-electron chi connectivity index (χ2n) is 5.75. The van der Waals surface area contributed by atoms with E-state index in [1.807, 2.05) is 19.1 Å². The van der Waals surface area contributed by atoms with Gasteiger partial charge in [-0.25, -0.2) is 9.67 Å². The highest BCUT2D eigenvalue weighted by Gasteiger charge is 2.23. The summed E-state index contributed by atoms with van der Waals surface area (Å²) in [5.74, 6) is 0.655. The lowest BCUT2D eigenvalue weighted by atomic mass is 10.1. The van der Waals surface area contributed by atoms with Crippen LogP contribution in [0.25, 0.3) is 0 Å². The molecule has 7 heteroatoms. The minimum Gasteiger partial charge on any atom is -0.474 e. The third kappa shape index (κ3) is 3.47. The van der Waals surface area contributed by atoms with Crippen molar-refractivity contribution in [3.05, 3.63) is 45.5 Å². The Balaban J connectivity index is 1.63. The molecule has 2 aromatic rings. The van der Waals surface area contributed by atoms with Crippen LogP contribution in [0, 0.1) is 6.92 Å². The Morgan fingerprint density at radius 3 is 2.65 bits per heavy atom. The molecule has 0 amide bonds. The Morgan fingerprint density at radius 2 is 2.00 bits per heavy atom. The molecule has 0 atom stereocenters. The summed E-state index contributed by atoms with van der Waals surface area (Å²) in [6, 6.07) is 3.88. The molecule has 0 aliphatic carbocycles. The summed E-state index contributed by atoms with van der Waals surface area (Å²) in [7, 11) is 1.59. The quantitative estimate of drug-likeness (QED) is 0.861. The second kappa shape index (κ2) is 6.58. The number of aromatic nitrogens is 3. The van der Waals surface area contributed by atoms with Crippen LogP contribution in [0.15, 0.2) is 29.3 Å². The Kier molecular flexibility index (Phi) is 4.52. The molecule has 6 nitrogen and oxygen atoms in total. The first-order valence-corrected chi connectivity index (χ1v) is 7.98. The van der Waals surface area contributed by atoms with Crippen molar-refractivity contribution in [1.82, 2.24) is 14.8 Å². The zero-order chi connectivity index (χ0) is 16.4. The van der Waals surface area contributed by atoms with Crippen molar-refractivity contribution in [1.29, 1.82) is 0 Å². The molecule has 0 radical (unpaired) electrons. The Morgan fingerprint density at radius 1 is 1.26 bits per heavy atom.